The lowest BCUT2D eigenvalue weighted by Gasteiger charge is -2.17. The van der Waals surface area contributed by atoms with Crippen LogP contribution in [0.4, 0.5) is 0 Å². The van der Waals surface area contributed by atoms with Crippen LogP contribution in [0.3, 0.4) is 0 Å². The average Bonchev–Trinajstić information content (AvgIpc) is 2.48. The van der Waals surface area contributed by atoms with E-state index >= 15 is 0 Å². The zero-order chi connectivity index (χ0) is 15.6. The van der Waals surface area contributed by atoms with Gasteiger partial charge in [-0.25, -0.2) is 0 Å². The van der Waals surface area contributed by atoms with Crippen molar-refractivity contribution >= 4 is 43.5 Å². The molecule has 0 heterocycles. The van der Waals surface area contributed by atoms with Crippen LogP contribution in [0, 0.1) is 6.92 Å². The molecule has 0 N–H and O–H groups in total. The Hall–Kier alpha value is -0.710. The second kappa shape index (κ2) is 7.03. The van der Waals surface area contributed by atoms with Crippen molar-refractivity contribution in [3.05, 3.63) is 56.0 Å². The average molecular weight is 435 g/mol. The van der Waals surface area contributed by atoms with E-state index in [2.05, 4.69) is 31.9 Å². The van der Waals surface area contributed by atoms with Gasteiger partial charge in [-0.05, 0) is 58.2 Å². The minimum absolute atomic E-state index is 0.306. The van der Waals surface area contributed by atoms with Crippen molar-refractivity contribution in [2.75, 3.05) is 14.2 Å². The third kappa shape index (κ3) is 3.55. The first-order valence-electron chi connectivity index (χ1n) is 6.29. The molecule has 21 heavy (non-hydrogen) atoms. The first-order valence-corrected chi connectivity index (χ1v) is 8.31. The Morgan fingerprint density at radius 3 is 2.19 bits per heavy atom. The Morgan fingerprint density at radius 2 is 1.62 bits per heavy atom. The van der Waals surface area contributed by atoms with E-state index in [1.807, 2.05) is 37.3 Å². The van der Waals surface area contributed by atoms with Crippen molar-refractivity contribution in [3.8, 4) is 11.5 Å². The lowest BCUT2D eigenvalue weighted by atomic mass is 10.0. The molecule has 5 heteroatoms. The number of hydrogen-bond acceptors (Lipinski definition) is 2. The molecule has 2 aromatic carbocycles. The Morgan fingerprint density at radius 1 is 0.952 bits per heavy atom. The molecule has 0 aliphatic heterocycles. The van der Waals surface area contributed by atoms with Gasteiger partial charge in [0.15, 0.2) is 0 Å². The molecule has 1 unspecified atom stereocenters. The van der Waals surface area contributed by atoms with Gasteiger partial charge >= 0.3 is 0 Å². The highest BCUT2D eigenvalue weighted by molar-refractivity contribution is 9.10. The number of hydrogen-bond donors (Lipinski definition) is 0. The minimum Gasteiger partial charge on any atom is -0.496 e. The van der Waals surface area contributed by atoms with Gasteiger partial charge in [0, 0.05) is 10.0 Å². The molecular formula is C16H15Br2ClO2. The van der Waals surface area contributed by atoms with Gasteiger partial charge < -0.3 is 9.47 Å². The van der Waals surface area contributed by atoms with Crippen LogP contribution in [0.1, 0.15) is 22.1 Å². The van der Waals surface area contributed by atoms with Gasteiger partial charge in [-0.2, -0.15) is 0 Å². The fourth-order valence-corrected chi connectivity index (χ4v) is 3.29. The smallest absolute Gasteiger partial charge is 0.133 e. The van der Waals surface area contributed by atoms with Gasteiger partial charge in [-0.1, -0.05) is 22.0 Å². The number of halogens is 3. The van der Waals surface area contributed by atoms with Crippen molar-refractivity contribution in [1.29, 1.82) is 0 Å². The van der Waals surface area contributed by atoms with E-state index in [1.54, 1.807) is 14.2 Å². The van der Waals surface area contributed by atoms with Crippen molar-refractivity contribution in [2.45, 2.75) is 12.3 Å². The Bertz CT molecular complexity index is 659. The highest BCUT2D eigenvalue weighted by Gasteiger charge is 2.18. The van der Waals surface area contributed by atoms with Gasteiger partial charge in [0.2, 0.25) is 0 Å². The molecule has 0 amide bonds. The molecule has 0 saturated carbocycles. The van der Waals surface area contributed by atoms with Crippen LogP contribution in [-0.4, -0.2) is 14.2 Å². The lowest BCUT2D eigenvalue weighted by Crippen LogP contribution is -1.99. The van der Waals surface area contributed by atoms with Crippen molar-refractivity contribution in [1.82, 2.24) is 0 Å². The van der Waals surface area contributed by atoms with E-state index in [-0.39, 0.29) is 5.38 Å². The molecule has 1 atom stereocenters. The summed E-state index contributed by atoms with van der Waals surface area (Å²) in [5.41, 5.74) is 3.00. The molecule has 0 bridgehead atoms. The highest BCUT2D eigenvalue weighted by atomic mass is 79.9. The first kappa shape index (κ1) is 16.7. The van der Waals surface area contributed by atoms with Crippen LogP contribution in [0.25, 0.3) is 0 Å². The third-order valence-electron chi connectivity index (χ3n) is 3.25. The third-order valence-corrected chi connectivity index (χ3v) is 5.21. The quantitative estimate of drug-likeness (QED) is 0.561. The maximum atomic E-state index is 6.64. The molecule has 0 aliphatic carbocycles. The predicted octanol–water partition coefficient (Wildman–Crippen LogP) is 5.87. The molecule has 2 rings (SSSR count). The summed E-state index contributed by atoms with van der Waals surface area (Å²) in [4.78, 5) is 0. The predicted molar refractivity (Wildman–Crippen MR) is 93.8 cm³/mol. The summed E-state index contributed by atoms with van der Waals surface area (Å²) in [5, 5.41) is -0.306. The summed E-state index contributed by atoms with van der Waals surface area (Å²) in [6.07, 6.45) is 0. The minimum atomic E-state index is -0.306. The van der Waals surface area contributed by atoms with E-state index in [0.29, 0.717) is 0 Å². The van der Waals surface area contributed by atoms with Gasteiger partial charge in [0.25, 0.3) is 0 Å². The lowest BCUT2D eigenvalue weighted by molar-refractivity contribution is 0.409. The second-order valence-corrected chi connectivity index (χ2v) is 6.74. The first-order chi connectivity index (χ1) is 9.97. The second-order valence-electron chi connectivity index (χ2n) is 4.60. The molecule has 2 nitrogen and oxygen atoms in total. The number of ether oxygens (including phenoxy) is 2. The van der Waals surface area contributed by atoms with Crippen molar-refractivity contribution < 1.29 is 9.47 Å². The normalized spacial score (nSPS) is 12.1. The topological polar surface area (TPSA) is 18.5 Å². The summed E-state index contributed by atoms with van der Waals surface area (Å²) < 4.78 is 12.6. The summed E-state index contributed by atoms with van der Waals surface area (Å²) in [5.74, 6) is 1.56. The molecule has 0 saturated heterocycles. The molecule has 0 spiro atoms. The fourth-order valence-electron chi connectivity index (χ4n) is 2.07. The van der Waals surface area contributed by atoms with Gasteiger partial charge in [-0.3, -0.25) is 0 Å². The van der Waals surface area contributed by atoms with E-state index in [1.165, 1.54) is 0 Å². The monoisotopic (exact) mass is 432 g/mol. The summed E-state index contributed by atoms with van der Waals surface area (Å²) in [7, 11) is 3.29. The molecular weight excluding hydrogens is 419 g/mol. The highest BCUT2D eigenvalue weighted by Crippen LogP contribution is 2.40. The van der Waals surface area contributed by atoms with Crippen LogP contribution >= 0.6 is 43.5 Å². The van der Waals surface area contributed by atoms with Crippen LogP contribution in [0.15, 0.2) is 39.3 Å². The van der Waals surface area contributed by atoms with Crippen LogP contribution in [0.5, 0.6) is 11.5 Å². The van der Waals surface area contributed by atoms with Crippen LogP contribution in [-0.2, 0) is 0 Å². The Kier molecular flexibility index (Phi) is 5.58. The number of rotatable bonds is 4. The molecule has 0 aliphatic rings. The largest absolute Gasteiger partial charge is 0.496 e. The Balaban J connectivity index is 2.46. The maximum Gasteiger partial charge on any atom is 0.133 e. The van der Waals surface area contributed by atoms with Crippen LogP contribution < -0.4 is 9.47 Å². The molecule has 2 aromatic rings. The number of methoxy groups -OCH3 is 2. The molecule has 0 radical (unpaired) electrons. The summed E-state index contributed by atoms with van der Waals surface area (Å²) in [6.45, 7) is 2.02. The zero-order valence-corrected chi connectivity index (χ0v) is 15.8. The molecule has 0 fully saturated rings. The standard InChI is InChI=1S/C16H15Br2ClO2/c1-9-6-15(21-3)11(8-12(9)17)16(19)10-4-5-14(20-2)13(18)7-10/h4-8,16H,1-3H3. The maximum absolute atomic E-state index is 6.64. The fraction of sp³-hybridized carbons (Fsp3) is 0.250. The van der Waals surface area contributed by atoms with Crippen molar-refractivity contribution in [3.63, 3.8) is 0 Å². The molecule has 112 valence electrons. The SMILES string of the molecule is COc1ccc(C(Cl)c2cc(Br)c(C)cc2OC)cc1Br. The molecule has 0 aromatic heterocycles. The van der Waals surface area contributed by atoms with E-state index in [9.17, 15) is 0 Å². The van der Waals surface area contributed by atoms with Crippen molar-refractivity contribution in [2.24, 2.45) is 0 Å². The zero-order valence-electron chi connectivity index (χ0n) is 11.9. The van der Waals surface area contributed by atoms with Gasteiger partial charge in [-0.15, -0.1) is 11.6 Å². The van der Waals surface area contributed by atoms with Crippen LogP contribution in [0.2, 0.25) is 0 Å². The van der Waals surface area contributed by atoms with E-state index in [0.717, 1.165) is 37.1 Å². The van der Waals surface area contributed by atoms with E-state index in [4.69, 9.17) is 21.1 Å². The number of alkyl halides is 1. The number of aryl methyl sites for hydroxylation is 1. The van der Waals surface area contributed by atoms with E-state index < -0.39 is 0 Å². The van der Waals surface area contributed by atoms with Gasteiger partial charge in [0.1, 0.15) is 11.5 Å². The Labute approximate surface area is 146 Å². The summed E-state index contributed by atoms with van der Waals surface area (Å²) >= 11 is 13.7. The number of benzene rings is 2. The summed E-state index contributed by atoms with van der Waals surface area (Å²) in [6, 6.07) is 9.79. The van der Waals surface area contributed by atoms with Gasteiger partial charge in [0.05, 0.1) is 24.1 Å².